The van der Waals surface area contributed by atoms with Gasteiger partial charge in [-0.2, -0.15) is 0 Å². The fourth-order valence-electron chi connectivity index (χ4n) is 3.52. The van der Waals surface area contributed by atoms with E-state index in [1.54, 1.807) is 7.11 Å². The molecule has 2 aliphatic rings. The van der Waals surface area contributed by atoms with Crippen LogP contribution in [0.1, 0.15) is 38.2 Å². The number of guanidine groups is 1. The highest BCUT2D eigenvalue weighted by atomic mass is 16.5. The Hall–Kier alpha value is -1.71. The molecule has 1 saturated heterocycles. The highest BCUT2D eigenvalue weighted by molar-refractivity contribution is 5.80. The monoisotopic (exact) mass is 301 g/mol. The largest absolute Gasteiger partial charge is 0.497 e. The third kappa shape index (κ3) is 3.21. The molecule has 0 atom stereocenters. The highest BCUT2D eigenvalue weighted by Gasteiger charge is 2.43. The lowest BCUT2D eigenvalue weighted by atomic mass is 9.68. The van der Waals surface area contributed by atoms with E-state index >= 15 is 0 Å². The van der Waals surface area contributed by atoms with Gasteiger partial charge < -0.3 is 15.0 Å². The third-order valence-corrected chi connectivity index (χ3v) is 5.06. The molecule has 1 heterocycles. The Balaban J connectivity index is 1.64. The molecule has 0 amide bonds. The number of likely N-dealkylation sites (tertiary alicyclic amines) is 1. The zero-order chi connectivity index (χ0) is 15.4. The predicted molar refractivity (Wildman–Crippen MR) is 90.3 cm³/mol. The summed E-state index contributed by atoms with van der Waals surface area (Å²) in [4.78, 5) is 7.29. The van der Waals surface area contributed by atoms with Gasteiger partial charge in [-0.3, -0.25) is 0 Å². The molecule has 22 heavy (non-hydrogen) atoms. The predicted octanol–water partition coefficient (Wildman–Crippen LogP) is 3.04. The molecule has 0 unspecified atom stereocenters. The second-order valence-electron chi connectivity index (χ2n) is 6.54. The van der Waals surface area contributed by atoms with Crippen molar-refractivity contribution in [3.8, 4) is 5.75 Å². The van der Waals surface area contributed by atoms with Crippen molar-refractivity contribution in [3.63, 3.8) is 0 Å². The van der Waals surface area contributed by atoms with Gasteiger partial charge in [-0.25, -0.2) is 4.99 Å². The first-order chi connectivity index (χ1) is 10.7. The van der Waals surface area contributed by atoms with Crippen molar-refractivity contribution in [3.05, 3.63) is 29.8 Å². The Labute approximate surface area is 133 Å². The summed E-state index contributed by atoms with van der Waals surface area (Å²) in [5.41, 5.74) is 1.82. The molecule has 1 spiro atoms. The van der Waals surface area contributed by atoms with Crippen LogP contribution < -0.4 is 10.1 Å². The molecular formula is C18H27N3O. The molecule has 3 rings (SSSR count). The van der Waals surface area contributed by atoms with Crippen LogP contribution in [0.3, 0.4) is 0 Å². The molecule has 0 radical (unpaired) electrons. The summed E-state index contributed by atoms with van der Waals surface area (Å²) >= 11 is 0. The number of aliphatic imine (C=N–C) groups is 1. The number of methoxy groups -OCH3 is 1. The van der Waals surface area contributed by atoms with Crippen molar-refractivity contribution in [1.29, 1.82) is 0 Å². The highest BCUT2D eigenvalue weighted by Crippen LogP contribution is 2.47. The fourth-order valence-corrected chi connectivity index (χ4v) is 3.52. The first kappa shape index (κ1) is 15.2. The summed E-state index contributed by atoms with van der Waals surface area (Å²) in [5, 5.41) is 3.45. The van der Waals surface area contributed by atoms with Gasteiger partial charge in [-0.1, -0.05) is 18.6 Å². The van der Waals surface area contributed by atoms with E-state index in [0.29, 0.717) is 5.41 Å². The van der Waals surface area contributed by atoms with Crippen molar-refractivity contribution < 1.29 is 4.74 Å². The summed E-state index contributed by atoms with van der Waals surface area (Å²) < 4.78 is 5.20. The molecule has 1 aromatic carbocycles. The molecule has 4 nitrogen and oxygen atoms in total. The minimum atomic E-state index is 0.607. The summed E-state index contributed by atoms with van der Waals surface area (Å²) in [6.45, 7) is 6.11. The van der Waals surface area contributed by atoms with E-state index in [1.165, 1.54) is 37.8 Å². The molecule has 1 aliphatic heterocycles. The zero-order valence-electron chi connectivity index (χ0n) is 13.8. The molecule has 1 aliphatic carbocycles. The Bertz CT molecular complexity index is 520. The van der Waals surface area contributed by atoms with Crippen molar-refractivity contribution in [2.24, 2.45) is 10.4 Å². The standard InChI is InChI=1S/C18H27N3O/c1-3-19-17(21-12-11-18(14-21)9-4-10-18)20-13-15-5-7-16(22-2)8-6-15/h5-8H,3-4,9-14H2,1-2H3,(H,19,20). The zero-order valence-corrected chi connectivity index (χ0v) is 13.8. The van der Waals surface area contributed by atoms with Gasteiger partial charge >= 0.3 is 0 Å². The number of ether oxygens (including phenoxy) is 1. The van der Waals surface area contributed by atoms with E-state index in [1.807, 2.05) is 12.1 Å². The van der Waals surface area contributed by atoms with Crippen LogP contribution in [0.5, 0.6) is 5.75 Å². The maximum atomic E-state index is 5.20. The van der Waals surface area contributed by atoms with E-state index in [2.05, 4.69) is 29.3 Å². The summed E-state index contributed by atoms with van der Waals surface area (Å²) in [6.07, 6.45) is 5.55. The number of nitrogens with zero attached hydrogens (tertiary/aromatic N) is 2. The number of benzene rings is 1. The Morgan fingerprint density at radius 3 is 2.59 bits per heavy atom. The topological polar surface area (TPSA) is 36.9 Å². The van der Waals surface area contributed by atoms with Gasteiger partial charge in [0.1, 0.15) is 5.75 Å². The third-order valence-electron chi connectivity index (χ3n) is 5.06. The molecule has 0 aromatic heterocycles. The average Bonchev–Trinajstić information content (AvgIpc) is 2.98. The number of hydrogen-bond donors (Lipinski definition) is 1. The molecule has 2 fully saturated rings. The molecular weight excluding hydrogens is 274 g/mol. The molecule has 1 aromatic rings. The first-order valence-corrected chi connectivity index (χ1v) is 8.41. The Kier molecular flexibility index (Phi) is 4.55. The van der Waals surface area contributed by atoms with Crippen LogP contribution in [0.15, 0.2) is 29.3 Å². The minimum absolute atomic E-state index is 0.607. The lowest BCUT2D eigenvalue weighted by Gasteiger charge is -2.38. The molecule has 1 saturated carbocycles. The van der Waals surface area contributed by atoms with E-state index in [0.717, 1.165) is 31.3 Å². The van der Waals surface area contributed by atoms with Crippen molar-refractivity contribution in [2.45, 2.75) is 39.2 Å². The van der Waals surface area contributed by atoms with E-state index in [-0.39, 0.29) is 0 Å². The van der Waals surface area contributed by atoms with Crippen LogP contribution in [0, 0.1) is 5.41 Å². The Morgan fingerprint density at radius 2 is 2.05 bits per heavy atom. The molecule has 120 valence electrons. The van der Waals surface area contributed by atoms with Gasteiger partial charge in [0.2, 0.25) is 0 Å². The van der Waals surface area contributed by atoms with Crippen LogP contribution >= 0.6 is 0 Å². The fraction of sp³-hybridized carbons (Fsp3) is 0.611. The van der Waals surface area contributed by atoms with Crippen molar-refractivity contribution in [1.82, 2.24) is 10.2 Å². The smallest absolute Gasteiger partial charge is 0.194 e. The van der Waals surface area contributed by atoms with Crippen molar-refractivity contribution in [2.75, 3.05) is 26.7 Å². The summed E-state index contributed by atoms with van der Waals surface area (Å²) in [7, 11) is 1.69. The van der Waals surface area contributed by atoms with Gasteiger partial charge in [0, 0.05) is 19.6 Å². The summed E-state index contributed by atoms with van der Waals surface area (Å²) in [6, 6.07) is 8.17. The van der Waals surface area contributed by atoms with Gasteiger partial charge in [-0.05, 0) is 49.3 Å². The van der Waals surface area contributed by atoms with Crippen LogP contribution in [0.25, 0.3) is 0 Å². The molecule has 4 heteroatoms. The lowest BCUT2D eigenvalue weighted by Crippen LogP contribution is -2.42. The van der Waals surface area contributed by atoms with Crippen LogP contribution in [0.2, 0.25) is 0 Å². The second-order valence-corrected chi connectivity index (χ2v) is 6.54. The van der Waals surface area contributed by atoms with E-state index in [9.17, 15) is 0 Å². The second kappa shape index (κ2) is 6.59. The van der Waals surface area contributed by atoms with Gasteiger partial charge in [0.15, 0.2) is 5.96 Å². The quantitative estimate of drug-likeness (QED) is 0.686. The Morgan fingerprint density at radius 1 is 1.27 bits per heavy atom. The van der Waals surface area contributed by atoms with Crippen LogP contribution in [-0.4, -0.2) is 37.6 Å². The first-order valence-electron chi connectivity index (χ1n) is 8.41. The van der Waals surface area contributed by atoms with E-state index < -0.39 is 0 Å². The van der Waals surface area contributed by atoms with Gasteiger partial charge in [0.25, 0.3) is 0 Å². The van der Waals surface area contributed by atoms with E-state index in [4.69, 9.17) is 9.73 Å². The van der Waals surface area contributed by atoms with Gasteiger partial charge in [-0.15, -0.1) is 0 Å². The normalized spacial score (nSPS) is 20.1. The van der Waals surface area contributed by atoms with Crippen LogP contribution in [-0.2, 0) is 6.54 Å². The molecule has 0 bridgehead atoms. The number of nitrogens with one attached hydrogen (secondary N) is 1. The maximum Gasteiger partial charge on any atom is 0.194 e. The number of rotatable bonds is 4. The van der Waals surface area contributed by atoms with Gasteiger partial charge in [0.05, 0.1) is 13.7 Å². The maximum absolute atomic E-state index is 5.20. The number of hydrogen-bond acceptors (Lipinski definition) is 2. The minimum Gasteiger partial charge on any atom is -0.497 e. The molecule has 1 N–H and O–H groups in total. The average molecular weight is 301 g/mol. The summed E-state index contributed by atoms with van der Waals surface area (Å²) in [5.74, 6) is 1.97. The SMILES string of the molecule is CCNC(=NCc1ccc(OC)cc1)N1CCC2(CCC2)C1. The van der Waals surface area contributed by atoms with Crippen molar-refractivity contribution >= 4 is 5.96 Å². The van der Waals surface area contributed by atoms with Crippen LogP contribution in [0.4, 0.5) is 0 Å². The lowest BCUT2D eigenvalue weighted by molar-refractivity contribution is 0.151.